The number of carboxylic acids is 1. The third-order valence-corrected chi connectivity index (χ3v) is 8.50. The number of aromatic nitrogens is 1. The van der Waals surface area contributed by atoms with E-state index in [0.717, 1.165) is 52.7 Å². The van der Waals surface area contributed by atoms with Crippen LogP contribution in [0.2, 0.25) is 5.02 Å². The van der Waals surface area contributed by atoms with E-state index in [9.17, 15) is 5.11 Å². The van der Waals surface area contributed by atoms with Crippen LogP contribution in [0.4, 0.5) is 0 Å². The molecule has 1 fully saturated rings. The van der Waals surface area contributed by atoms with Crippen molar-refractivity contribution in [1.29, 1.82) is 0 Å². The van der Waals surface area contributed by atoms with Crippen molar-refractivity contribution >= 4 is 52.4 Å². The van der Waals surface area contributed by atoms with Gasteiger partial charge >= 0.3 is 29.6 Å². The number of pyridine rings is 1. The van der Waals surface area contributed by atoms with Crippen LogP contribution in [0.1, 0.15) is 73.9 Å². The second-order valence-electron chi connectivity index (χ2n) is 11.1. The number of halogens is 1. The Bertz CT molecular complexity index is 1510. The summed E-state index contributed by atoms with van der Waals surface area (Å²) in [5.74, 6) is 2.46. The predicted octanol–water partition coefficient (Wildman–Crippen LogP) is 4.71. The Morgan fingerprint density at radius 2 is 1.79 bits per heavy atom. The van der Waals surface area contributed by atoms with Gasteiger partial charge in [-0.2, -0.15) is 11.8 Å². The minimum Gasteiger partial charge on any atom is -0.550 e. The Labute approximate surface area is 280 Å². The number of hydrogen-bond donors (Lipinski definition) is 1. The van der Waals surface area contributed by atoms with Crippen LogP contribution in [0.15, 0.2) is 78.9 Å². The molecule has 0 bridgehead atoms. The number of rotatable bonds is 10. The van der Waals surface area contributed by atoms with Crippen molar-refractivity contribution in [1.82, 2.24) is 4.98 Å². The average molecular weight is 610 g/mol. The Morgan fingerprint density at radius 3 is 2.50 bits per heavy atom. The molecule has 4 aromatic rings. The minimum absolute atomic E-state index is 0. The molecule has 5 rings (SSSR count). The van der Waals surface area contributed by atoms with Crippen molar-refractivity contribution in [3.8, 4) is 0 Å². The average Bonchev–Trinajstić information content (AvgIpc) is 3.76. The van der Waals surface area contributed by atoms with E-state index in [0.29, 0.717) is 5.02 Å². The maximum Gasteiger partial charge on any atom is 1.00 e. The van der Waals surface area contributed by atoms with Gasteiger partial charge in [0.05, 0.1) is 16.8 Å². The normalized spacial score (nSPS) is 13.7. The Morgan fingerprint density at radius 1 is 1.07 bits per heavy atom. The Balaban J connectivity index is 0.000000911. The van der Waals surface area contributed by atoms with E-state index in [1.54, 1.807) is 0 Å². The Hall–Kier alpha value is -2.12. The van der Waals surface area contributed by atoms with Crippen LogP contribution in [0, 0.1) is 5.92 Å². The fraction of sp³-hybridized carbons (Fsp3) is 0.314. The van der Waals surface area contributed by atoms with Crippen LogP contribution >= 0.6 is 23.4 Å². The summed E-state index contributed by atoms with van der Waals surface area (Å²) in [6, 6.07) is 27.1. The van der Waals surface area contributed by atoms with Gasteiger partial charge in [0.1, 0.15) is 0 Å². The topological polar surface area (TPSA) is 73.2 Å². The number of carbonyl (C=O) groups is 1. The van der Waals surface area contributed by atoms with Gasteiger partial charge in [0.15, 0.2) is 0 Å². The van der Waals surface area contributed by atoms with Crippen LogP contribution < -0.4 is 34.7 Å². The van der Waals surface area contributed by atoms with Crippen LogP contribution in [-0.2, 0) is 10.4 Å². The van der Waals surface area contributed by atoms with E-state index < -0.39 is 11.6 Å². The molecule has 1 aromatic heterocycles. The molecule has 4 nitrogen and oxygen atoms in total. The second kappa shape index (κ2) is 16.1. The maximum absolute atomic E-state index is 10.9. The molecule has 42 heavy (non-hydrogen) atoms. The molecule has 0 aliphatic heterocycles. The number of aliphatic hydroxyl groups is 1. The summed E-state index contributed by atoms with van der Waals surface area (Å²) in [6.07, 6.45) is 8.02. The fourth-order valence-corrected chi connectivity index (χ4v) is 6.26. The quantitative estimate of drug-likeness (QED) is 0.208. The number of aliphatic carboxylic acids is 1. The summed E-state index contributed by atoms with van der Waals surface area (Å²) >= 11 is 8.24. The van der Waals surface area contributed by atoms with Crippen molar-refractivity contribution in [2.45, 2.75) is 51.6 Å². The van der Waals surface area contributed by atoms with Crippen molar-refractivity contribution in [3.05, 3.63) is 112 Å². The summed E-state index contributed by atoms with van der Waals surface area (Å²) < 4.78 is 0. The third kappa shape index (κ3) is 10.6. The molecule has 0 saturated heterocycles. The van der Waals surface area contributed by atoms with Crippen molar-refractivity contribution in [2.24, 2.45) is 5.92 Å². The molecule has 1 heterocycles. The molecule has 7 heteroatoms. The molecular formula is C35H37ClNNaO3S. The van der Waals surface area contributed by atoms with Gasteiger partial charge in [0.2, 0.25) is 0 Å². The second-order valence-corrected chi connectivity index (χ2v) is 12.7. The van der Waals surface area contributed by atoms with E-state index in [2.05, 4.69) is 72.4 Å². The smallest absolute Gasteiger partial charge is 0.550 e. The third-order valence-electron chi connectivity index (χ3n) is 7.03. The number of fused-ring (bicyclic) bond motifs is 1. The molecule has 0 spiro atoms. The van der Waals surface area contributed by atoms with Gasteiger partial charge < -0.3 is 15.0 Å². The molecule has 1 aliphatic carbocycles. The van der Waals surface area contributed by atoms with Crippen LogP contribution in [0.5, 0.6) is 0 Å². The summed E-state index contributed by atoms with van der Waals surface area (Å²) in [6.45, 7) is 4.74. The zero-order valence-corrected chi connectivity index (χ0v) is 28.4. The Kier molecular flexibility index (Phi) is 13.2. The SMILES string of the molecule is CC(=O)[O-].CC(C)(O)c1ccccc1C(CCSCC1CC1)c1cccc(/C=C/c2ccc3ccc(Cl)cc3n2)c1.[Na+]. The number of carboxylic acid groups (broad SMARTS) is 1. The fourth-order valence-electron chi connectivity index (χ4n) is 4.86. The van der Waals surface area contributed by atoms with Gasteiger partial charge in [-0.15, -0.1) is 0 Å². The van der Waals surface area contributed by atoms with Gasteiger partial charge in [-0.3, -0.25) is 0 Å². The maximum atomic E-state index is 10.9. The largest absolute Gasteiger partial charge is 1.00 e. The number of thioether (sulfide) groups is 1. The number of carbonyl (C=O) groups excluding carboxylic acids is 1. The number of nitrogens with zero attached hydrogens (tertiary/aromatic N) is 1. The summed E-state index contributed by atoms with van der Waals surface area (Å²) in [5, 5.41) is 21.6. The van der Waals surface area contributed by atoms with Crippen molar-refractivity contribution < 1.29 is 44.6 Å². The summed E-state index contributed by atoms with van der Waals surface area (Å²) in [7, 11) is 0. The molecular weight excluding hydrogens is 573 g/mol. The molecule has 214 valence electrons. The molecule has 1 saturated carbocycles. The van der Waals surface area contributed by atoms with E-state index in [1.807, 2.05) is 44.2 Å². The van der Waals surface area contributed by atoms with Crippen LogP contribution in [0.3, 0.4) is 0 Å². The molecule has 0 amide bonds. The van der Waals surface area contributed by atoms with Gasteiger partial charge in [-0.05, 0) is 104 Å². The minimum atomic E-state index is -1.08. The summed E-state index contributed by atoms with van der Waals surface area (Å²) in [5.41, 5.74) is 5.56. The zero-order valence-electron chi connectivity index (χ0n) is 24.8. The molecule has 1 N–H and O–H groups in total. The zero-order chi connectivity index (χ0) is 29.4. The molecule has 3 aromatic carbocycles. The van der Waals surface area contributed by atoms with Gasteiger partial charge in [0.25, 0.3) is 0 Å². The van der Waals surface area contributed by atoms with Crippen LogP contribution in [-0.4, -0.2) is 27.6 Å². The first-order chi connectivity index (χ1) is 19.6. The van der Waals surface area contributed by atoms with Crippen LogP contribution in [0.25, 0.3) is 23.1 Å². The van der Waals surface area contributed by atoms with Crippen molar-refractivity contribution in [3.63, 3.8) is 0 Å². The number of hydrogen-bond acceptors (Lipinski definition) is 5. The van der Waals surface area contributed by atoms with Gasteiger partial charge in [-0.25, -0.2) is 4.98 Å². The number of benzene rings is 3. The first kappa shape index (κ1) is 34.4. The molecule has 1 aliphatic rings. The first-order valence-corrected chi connectivity index (χ1v) is 15.5. The molecule has 1 unspecified atom stereocenters. The predicted molar refractivity (Wildman–Crippen MR) is 171 cm³/mol. The van der Waals surface area contributed by atoms with E-state index in [4.69, 9.17) is 26.5 Å². The molecule has 1 atom stereocenters. The standard InChI is InChI=1S/C33H34ClNOS.C2H4O2.Na/c1-33(2,36)31-9-4-3-8-30(31)29(18-19-37-22-24-10-11-24)26-7-5-6-23(20-26)12-16-28-17-14-25-13-15-27(34)21-32(25)35-28;1-2(3)4;/h3-9,12-17,20-21,24,29,36H,10-11,18-19,22H2,1-2H3;1H3,(H,3,4);/q;;+1/p-1/b16-12+;;. The summed E-state index contributed by atoms with van der Waals surface area (Å²) in [4.78, 5) is 13.7. The van der Waals surface area contributed by atoms with E-state index in [-0.39, 0.29) is 35.5 Å². The monoisotopic (exact) mass is 609 g/mol. The van der Waals surface area contributed by atoms with Gasteiger partial charge in [-0.1, -0.05) is 78.3 Å². The van der Waals surface area contributed by atoms with E-state index in [1.165, 1.54) is 29.7 Å². The molecule has 0 radical (unpaired) electrons. The van der Waals surface area contributed by atoms with E-state index >= 15 is 0 Å². The van der Waals surface area contributed by atoms with Gasteiger partial charge in [0, 0.05) is 22.3 Å². The first-order valence-electron chi connectivity index (χ1n) is 14.0. The van der Waals surface area contributed by atoms with Crippen molar-refractivity contribution in [2.75, 3.05) is 11.5 Å².